The van der Waals surface area contributed by atoms with Gasteiger partial charge in [-0.25, -0.2) is 0 Å². The minimum atomic E-state index is -4.41. The molecule has 21 heavy (non-hydrogen) atoms. The zero-order valence-corrected chi connectivity index (χ0v) is 12.2. The first-order valence-corrected chi connectivity index (χ1v) is 7.10. The molecule has 1 saturated heterocycles. The summed E-state index contributed by atoms with van der Waals surface area (Å²) in [6, 6.07) is 3.49. The number of hydrogen-bond donors (Lipinski definition) is 2. The predicted octanol–water partition coefficient (Wildman–Crippen LogP) is 2.55. The highest BCUT2D eigenvalue weighted by atomic mass is 32.1. The highest BCUT2D eigenvalue weighted by molar-refractivity contribution is 7.80. The Labute approximate surface area is 126 Å². The molecule has 1 fully saturated rings. The molecule has 7 heteroatoms. The number of alkyl halides is 3. The van der Waals surface area contributed by atoms with Gasteiger partial charge in [0.15, 0.2) is 0 Å². The molecule has 116 valence electrons. The smallest absolute Gasteiger partial charge is 0.396 e. The van der Waals surface area contributed by atoms with Gasteiger partial charge in [0, 0.05) is 30.9 Å². The number of nitrogens with two attached hydrogens (primary N) is 1. The fourth-order valence-corrected chi connectivity index (χ4v) is 2.82. The molecular formula is C14H17F3N2OS. The zero-order valence-electron chi connectivity index (χ0n) is 11.4. The van der Waals surface area contributed by atoms with E-state index in [0.717, 1.165) is 25.1 Å². The van der Waals surface area contributed by atoms with E-state index in [1.54, 1.807) is 0 Å². The Morgan fingerprint density at radius 3 is 2.71 bits per heavy atom. The lowest BCUT2D eigenvalue weighted by Gasteiger charge is -2.23. The molecule has 1 atom stereocenters. The lowest BCUT2D eigenvalue weighted by atomic mass is 10.1. The van der Waals surface area contributed by atoms with Crippen molar-refractivity contribution in [3.63, 3.8) is 0 Å². The molecule has 0 saturated carbocycles. The maximum Gasteiger partial charge on any atom is 0.416 e. The lowest BCUT2D eigenvalue weighted by Crippen LogP contribution is -2.24. The van der Waals surface area contributed by atoms with Crippen molar-refractivity contribution in [2.45, 2.75) is 19.0 Å². The molecule has 3 nitrogen and oxygen atoms in total. The molecule has 0 radical (unpaired) electrons. The van der Waals surface area contributed by atoms with Gasteiger partial charge in [-0.3, -0.25) is 0 Å². The maximum absolute atomic E-state index is 12.8. The van der Waals surface area contributed by atoms with Crippen LogP contribution in [-0.2, 0) is 6.18 Å². The van der Waals surface area contributed by atoms with Crippen LogP contribution in [0.5, 0.6) is 0 Å². The molecule has 0 bridgehead atoms. The van der Waals surface area contributed by atoms with Crippen LogP contribution in [0.15, 0.2) is 18.2 Å². The van der Waals surface area contributed by atoms with Crippen molar-refractivity contribution in [2.24, 2.45) is 11.7 Å². The Bertz CT molecular complexity index is 533. The highest BCUT2D eigenvalue weighted by Gasteiger charge is 2.32. The van der Waals surface area contributed by atoms with Gasteiger partial charge in [0.25, 0.3) is 0 Å². The molecule has 1 aliphatic heterocycles. The van der Waals surface area contributed by atoms with Crippen molar-refractivity contribution >= 4 is 22.9 Å². The average Bonchev–Trinajstić information content (AvgIpc) is 2.86. The Morgan fingerprint density at radius 1 is 1.43 bits per heavy atom. The van der Waals surface area contributed by atoms with Crippen LogP contribution in [0.25, 0.3) is 0 Å². The number of aliphatic hydroxyl groups excluding tert-OH is 1. The molecule has 1 heterocycles. The van der Waals surface area contributed by atoms with Gasteiger partial charge >= 0.3 is 6.18 Å². The van der Waals surface area contributed by atoms with E-state index in [1.165, 1.54) is 6.07 Å². The topological polar surface area (TPSA) is 49.5 Å². The first kappa shape index (κ1) is 16.0. The van der Waals surface area contributed by atoms with Crippen molar-refractivity contribution in [2.75, 3.05) is 24.6 Å². The van der Waals surface area contributed by atoms with E-state index in [9.17, 15) is 13.2 Å². The maximum atomic E-state index is 12.8. The Hall–Kier alpha value is -1.34. The number of aliphatic hydroxyl groups is 1. The SMILES string of the molecule is NC(=S)c1cc(C(F)(F)F)ccc1N1CCC(CCO)C1. The van der Waals surface area contributed by atoms with Crippen LogP contribution < -0.4 is 10.6 Å². The summed E-state index contributed by atoms with van der Waals surface area (Å²) in [7, 11) is 0. The van der Waals surface area contributed by atoms with Gasteiger partial charge < -0.3 is 15.7 Å². The molecule has 0 aromatic heterocycles. The lowest BCUT2D eigenvalue weighted by molar-refractivity contribution is -0.137. The minimum absolute atomic E-state index is 0.0401. The van der Waals surface area contributed by atoms with Crippen molar-refractivity contribution in [3.05, 3.63) is 29.3 Å². The van der Waals surface area contributed by atoms with Crippen LogP contribution in [0.3, 0.4) is 0 Å². The summed E-state index contributed by atoms with van der Waals surface area (Å²) in [5, 5.41) is 8.97. The van der Waals surface area contributed by atoms with Gasteiger partial charge in [-0.1, -0.05) is 12.2 Å². The molecule has 2 rings (SSSR count). The third-order valence-electron chi connectivity index (χ3n) is 3.75. The van der Waals surface area contributed by atoms with Crippen LogP contribution in [0, 0.1) is 5.92 Å². The van der Waals surface area contributed by atoms with E-state index >= 15 is 0 Å². The summed E-state index contributed by atoms with van der Waals surface area (Å²) in [6.07, 6.45) is -2.82. The minimum Gasteiger partial charge on any atom is -0.396 e. The number of hydrogen-bond acceptors (Lipinski definition) is 3. The van der Waals surface area contributed by atoms with Gasteiger partial charge in [0.2, 0.25) is 0 Å². The van der Waals surface area contributed by atoms with Crippen LogP contribution in [0.1, 0.15) is 24.0 Å². The average molecular weight is 318 g/mol. The number of rotatable bonds is 4. The largest absolute Gasteiger partial charge is 0.416 e. The predicted molar refractivity (Wildman–Crippen MR) is 79.4 cm³/mol. The summed E-state index contributed by atoms with van der Waals surface area (Å²) >= 11 is 4.89. The summed E-state index contributed by atoms with van der Waals surface area (Å²) in [5.74, 6) is 0.344. The summed E-state index contributed by atoms with van der Waals surface area (Å²) in [5.41, 5.74) is 5.72. The number of anilines is 1. The number of benzene rings is 1. The van der Waals surface area contributed by atoms with Crippen LogP contribution in [0.4, 0.5) is 18.9 Å². The molecular weight excluding hydrogens is 301 g/mol. The van der Waals surface area contributed by atoms with E-state index in [0.29, 0.717) is 24.6 Å². The van der Waals surface area contributed by atoms with Crippen LogP contribution in [0.2, 0.25) is 0 Å². The van der Waals surface area contributed by atoms with Gasteiger partial charge in [0.05, 0.1) is 5.56 Å². The van der Waals surface area contributed by atoms with Gasteiger partial charge in [-0.2, -0.15) is 13.2 Å². The number of halogens is 3. The van der Waals surface area contributed by atoms with Crippen molar-refractivity contribution in [3.8, 4) is 0 Å². The second kappa shape index (κ2) is 6.19. The van der Waals surface area contributed by atoms with E-state index in [4.69, 9.17) is 23.1 Å². The second-order valence-corrected chi connectivity index (χ2v) is 5.65. The zero-order chi connectivity index (χ0) is 15.6. The summed E-state index contributed by atoms with van der Waals surface area (Å²) < 4.78 is 38.3. The molecule has 1 unspecified atom stereocenters. The third kappa shape index (κ3) is 3.65. The monoisotopic (exact) mass is 318 g/mol. The number of nitrogens with zero attached hydrogens (tertiary/aromatic N) is 1. The van der Waals surface area contributed by atoms with Crippen LogP contribution >= 0.6 is 12.2 Å². The van der Waals surface area contributed by atoms with E-state index in [1.807, 2.05) is 4.90 Å². The Balaban J connectivity index is 2.30. The van der Waals surface area contributed by atoms with Crippen LogP contribution in [-0.4, -0.2) is 29.8 Å². The van der Waals surface area contributed by atoms with Gasteiger partial charge in [-0.15, -0.1) is 0 Å². The van der Waals surface area contributed by atoms with E-state index in [-0.39, 0.29) is 17.2 Å². The van der Waals surface area contributed by atoms with Gasteiger partial charge in [0.1, 0.15) is 4.99 Å². The molecule has 1 aromatic rings. The van der Waals surface area contributed by atoms with Crippen molar-refractivity contribution in [1.29, 1.82) is 0 Å². The second-order valence-electron chi connectivity index (χ2n) is 5.21. The quantitative estimate of drug-likeness (QED) is 0.838. The first-order chi connectivity index (χ1) is 9.82. The fraction of sp³-hybridized carbons (Fsp3) is 0.500. The summed E-state index contributed by atoms with van der Waals surface area (Å²) in [4.78, 5) is 1.94. The fourth-order valence-electron chi connectivity index (χ4n) is 2.66. The van der Waals surface area contributed by atoms with E-state index < -0.39 is 11.7 Å². The first-order valence-electron chi connectivity index (χ1n) is 6.69. The normalized spacial score (nSPS) is 19.0. The molecule has 0 amide bonds. The molecule has 0 spiro atoms. The molecule has 0 aliphatic carbocycles. The molecule has 1 aliphatic rings. The highest BCUT2D eigenvalue weighted by Crippen LogP contribution is 2.34. The van der Waals surface area contributed by atoms with Gasteiger partial charge in [-0.05, 0) is 37.0 Å². The standard InChI is InChI=1S/C14H17F3N2OS/c15-14(16,17)10-1-2-12(11(7-10)13(18)21)19-5-3-9(8-19)4-6-20/h1-2,7,9,20H,3-6,8H2,(H2,18,21). The Kier molecular flexibility index (Phi) is 4.73. The third-order valence-corrected chi connectivity index (χ3v) is 3.97. The number of thiocarbonyl (C=S) groups is 1. The molecule has 3 N–H and O–H groups in total. The Morgan fingerprint density at radius 2 is 2.14 bits per heavy atom. The van der Waals surface area contributed by atoms with Crippen molar-refractivity contribution < 1.29 is 18.3 Å². The van der Waals surface area contributed by atoms with E-state index in [2.05, 4.69) is 0 Å². The summed E-state index contributed by atoms with van der Waals surface area (Å²) in [6.45, 7) is 1.54. The van der Waals surface area contributed by atoms with Crippen molar-refractivity contribution in [1.82, 2.24) is 0 Å². The molecule has 1 aromatic carbocycles.